The molecule has 2 heterocycles. The van der Waals surface area contributed by atoms with Crippen molar-refractivity contribution in [2.45, 2.75) is 13.5 Å². The highest BCUT2D eigenvalue weighted by Gasteiger charge is 2.22. The number of rotatable bonds is 2. The van der Waals surface area contributed by atoms with Crippen LogP contribution in [0.2, 0.25) is 0 Å². The van der Waals surface area contributed by atoms with Crippen molar-refractivity contribution in [2.75, 3.05) is 33.0 Å². The van der Waals surface area contributed by atoms with Gasteiger partial charge in [0.05, 0.1) is 26.2 Å². The van der Waals surface area contributed by atoms with Crippen LogP contribution >= 0.6 is 0 Å². The minimum atomic E-state index is 0.183. The number of carbonyl (C=O) groups excluding carboxylic acids is 1. The smallest absolute Gasteiger partial charge is 0.231 e. The van der Waals surface area contributed by atoms with Gasteiger partial charge in [0.2, 0.25) is 12.7 Å². The highest BCUT2D eigenvalue weighted by molar-refractivity contribution is 5.73. The average Bonchev–Trinajstić information content (AvgIpc) is 2.87. The molecular formula is C14H19N2O3+. The Morgan fingerprint density at radius 2 is 2.00 bits per heavy atom. The molecule has 1 fully saturated rings. The van der Waals surface area contributed by atoms with Gasteiger partial charge in [-0.2, -0.15) is 0 Å². The molecule has 102 valence electrons. The topological polar surface area (TPSA) is 43.2 Å². The first-order chi connectivity index (χ1) is 9.22. The van der Waals surface area contributed by atoms with Crippen LogP contribution in [0.25, 0.3) is 0 Å². The van der Waals surface area contributed by atoms with Crippen LogP contribution in [0.5, 0.6) is 11.5 Å². The molecule has 5 nitrogen and oxygen atoms in total. The van der Waals surface area contributed by atoms with Gasteiger partial charge >= 0.3 is 0 Å². The summed E-state index contributed by atoms with van der Waals surface area (Å²) < 4.78 is 10.7. The molecular weight excluding hydrogens is 244 g/mol. The first kappa shape index (κ1) is 12.3. The molecule has 0 spiro atoms. The minimum Gasteiger partial charge on any atom is -0.454 e. The fourth-order valence-electron chi connectivity index (χ4n) is 2.65. The second kappa shape index (κ2) is 5.09. The molecule has 2 aliphatic rings. The molecule has 0 atom stereocenters. The van der Waals surface area contributed by atoms with Crippen molar-refractivity contribution in [1.82, 2.24) is 4.90 Å². The third-order valence-corrected chi connectivity index (χ3v) is 3.81. The molecule has 0 aliphatic carbocycles. The first-order valence-electron chi connectivity index (χ1n) is 6.70. The minimum absolute atomic E-state index is 0.183. The summed E-state index contributed by atoms with van der Waals surface area (Å²) in [5.41, 5.74) is 1.26. The molecule has 1 saturated heterocycles. The van der Waals surface area contributed by atoms with Gasteiger partial charge in [0, 0.05) is 12.5 Å². The molecule has 1 N–H and O–H groups in total. The number of hydrogen-bond donors (Lipinski definition) is 1. The van der Waals surface area contributed by atoms with E-state index in [9.17, 15) is 4.79 Å². The lowest BCUT2D eigenvalue weighted by atomic mass is 10.1. The standard InChI is InChI=1S/C14H18N2O3/c1-11(17)16-6-4-15(5-7-16)9-12-2-3-13-14(8-12)19-10-18-13/h2-3,8H,4-7,9-10H2,1H3/p+1. The van der Waals surface area contributed by atoms with Crippen molar-refractivity contribution in [3.8, 4) is 11.5 Å². The zero-order chi connectivity index (χ0) is 13.2. The number of carbonyl (C=O) groups is 1. The Balaban J connectivity index is 1.59. The highest BCUT2D eigenvalue weighted by Crippen LogP contribution is 2.32. The number of nitrogens with zero attached hydrogens (tertiary/aromatic N) is 1. The quantitative estimate of drug-likeness (QED) is 0.794. The molecule has 0 radical (unpaired) electrons. The second-order valence-electron chi connectivity index (χ2n) is 5.12. The number of benzene rings is 1. The van der Waals surface area contributed by atoms with E-state index in [-0.39, 0.29) is 5.91 Å². The van der Waals surface area contributed by atoms with Gasteiger partial charge in [0.15, 0.2) is 11.5 Å². The lowest BCUT2D eigenvalue weighted by Crippen LogP contribution is -3.13. The van der Waals surface area contributed by atoms with Crippen molar-refractivity contribution in [3.63, 3.8) is 0 Å². The van der Waals surface area contributed by atoms with Crippen LogP contribution in [0, 0.1) is 0 Å². The van der Waals surface area contributed by atoms with Gasteiger partial charge in [-0.3, -0.25) is 4.79 Å². The fraction of sp³-hybridized carbons (Fsp3) is 0.500. The Morgan fingerprint density at radius 1 is 1.26 bits per heavy atom. The molecule has 1 amide bonds. The number of piperazine rings is 1. The lowest BCUT2D eigenvalue weighted by molar-refractivity contribution is -0.917. The Kier molecular flexibility index (Phi) is 3.29. The van der Waals surface area contributed by atoms with Gasteiger partial charge in [0.25, 0.3) is 0 Å². The van der Waals surface area contributed by atoms with Gasteiger partial charge in [0.1, 0.15) is 6.54 Å². The van der Waals surface area contributed by atoms with Crippen LogP contribution in [0.15, 0.2) is 18.2 Å². The highest BCUT2D eigenvalue weighted by atomic mass is 16.7. The molecule has 19 heavy (non-hydrogen) atoms. The van der Waals surface area contributed by atoms with E-state index in [0.29, 0.717) is 6.79 Å². The zero-order valence-electron chi connectivity index (χ0n) is 11.1. The number of amides is 1. The summed E-state index contributed by atoms with van der Waals surface area (Å²) in [6, 6.07) is 6.13. The largest absolute Gasteiger partial charge is 0.454 e. The third kappa shape index (κ3) is 2.66. The summed E-state index contributed by atoms with van der Waals surface area (Å²) in [6.45, 7) is 6.67. The van der Waals surface area contributed by atoms with E-state index in [2.05, 4.69) is 12.1 Å². The van der Waals surface area contributed by atoms with Crippen molar-refractivity contribution < 1.29 is 19.2 Å². The normalized spacial score (nSPS) is 18.7. The summed E-state index contributed by atoms with van der Waals surface area (Å²) in [7, 11) is 0. The van der Waals surface area contributed by atoms with E-state index in [1.807, 2.05) is 11.0 Å². The average molecular weight is 263 g/mol. The molecule has 1 aromatic carbocycles. The molecule has 0 saturated carbocycles. The van der Waals surface area contributed by atoms with Crippen LogP contribution in [0.1, 0.15) is 12.5 Å². The van der Waals surface area contributed by atoms with Gasteiger partial charge in [-0.1, -0.05) is 0 Å². The Hall–Kier alpha value is -1.75. The van der Waals surface area contributed by atoms with Crippen molar-refractivity contribution in [2.24, 2.45) is 0 Å². The van der Waals surface area contributed by atoms with Crippen LogP contribution in [0.4, 0.5) is 0 Å². The summed E-state index contributed by atoms with van der Waals surface area (Å²) in [6.07, 6.45) is 0. The first-order valence-corrected chi connectivity index (χ1v) is 6.70. The zero-order valence-corrected chi connectivity index (χ0v) is 11.1. The maximum atomic E-state index is 11.3. The van der Waals surface area contributed by atoms with Gasteiger partial charge in [-0.05, 0) is 18.2 Å². The van der Waals surface area contributed by atoms with Crippen molar-refractivity contribution >= 4 is 5.91 Å². The summed E-state index contributed by atoms with van der Waals surface area (Å²) in [4.78, 5) is 14.7. The maximum Gasteiger partial charge on any atom is 0.231 e. The van der Waals surface area contributed by atoms with Crippen LogP contribution < -0.4 is 14.4 Å². The van der Waals surface area contributed by atoms with E-state index in [1.165, 1.54) is 10.5 Å². The number of nitrogens with one attached hydrogen (secondary N) is 1. The molecule has 5 heteroatoms. The Labute approximate surface area is 112 Å². The number of quaternary nitrogens is 1. The monoisotopic (exact) mass is 263 g/mol. The SMILES string of the molecule is CC(=O)N1CC[NH+](Cc2ccc3c(c2)OCO3)CC1. The Bertz CT molecular complexity index is 482. The molecule has 0 unspecified atom stereocenters. The number of hydrogen-bond acceptors (Lipinski definition) is 3. The lowest BCUT2D eigenvalue weighted by Gasteiger charge is -2.31. The summed E-state index contributed by atoms with van der Waals surface area (Å²) >= 11 is 0. The number of ether oxygens (including phenoxy) is 2. The Morgan fingerprint density at radius 3 is 2.74 bits per heavy atom. The second-order valence-corrected chi connectivity index (χ2v) is 5.12. The molecule has 0 bridgehead atoms. The molecule has 0 aromatic heterocycles. The fourth-order valence-corrected chi connectivity index (χ4v) is 2.65. The third-order valence-electron chi connectivity index (χ3n) is 3.81. The van der Waals surface area contributed by atoms with E-state index in [0.717, 1.165) is 44.2 Å². The van der Waals surface area contributed by atoms with E-state index < -0.39 is 0 Å². The number of fused-ring (bicyclic) bond motifs is 1. The van der Waals surface area contributed by atoms with E-state index >= 15 is 0 Å². The maximum absolute atomic E-state index is 11.3. The molecule has 3 rings (SSSR count). The van der Waals surface area contributed by atoms with E-state index in [1.54, 1.807) is 6.92 Å². The van der Waals surface area contributed by atoms with Crippen molar-refractivity contribution in [1.29, 1.82) is 0 Å². The van der Waals surface area contributed by atoms with Crippen LogP contribution in [-0.2, 0) is 11.3 Å². The predicted molar refractivity (Wildman–Crippen MR) is 69.2 cm³/mol. The van der Waals surface area contributed by atoms with Gasteiger partial charge < -0.3 is 19.3 Å². The summed E-state index contributed by atoms with van der Waals surface area (Å²) in [5, 5.41) is 0. The van der Waals surface area contributed by atoms with Crippen LogP contribution in [-0.4, -0.2) is 43.8 Å². The van der Waals surface area contributed by atoms with Crippen molar-refractivity contribution in [3.05, 3.63) is 23.8 Å². The van der Waals surface area contributed by atoms with Crippen LogP contribution in [0.3, 0.4) is 0 Å². The van der Waals surface area contributed by atoms with E-state index in [4.69, 9.17) is 9.47 Å². The molecule has 2 aliphatic heterocycles. The molecule has 1 aromatic rings. The summed E-state index contributed by atoms with van der Waals surface area (Å²) in [5.74, 6) is 1.86. The van der Waals surface area contributed by atoms with Gasteiger partial charge in [-0.15, -0.1) is 0 Å². The van der Waals surface area contributed by atoms with Gasteiger partial charge in [-0.25, -0.2) is 0 Å². The predicted octanol–water partition coefficient (Wildman–Crippen LogP) is -0.338.